The molecule has 0 bridgehead atoms. The van der Waals surface area contributed by atoms with Crippen molar-refractivity contribution < 1.29 is 9.84 Å². The molecule has 0 saturated carbocycles. The number of tetrazole rings is 1. The van der Waals surface area contributed by atoms with Crippen molar-refractivity contribution in [1.82, 2.24) is 25.5 Å². The number of ether oxygens (including phenoxy) is 1. The zero-order valence-electron chi connectivity index (χ0n) is 12.3. The predicted molar refractivity (Wildman–Crippen MR) is 78.1 cm³/mol. The van der Waals surface area contributed by atoms with Crippen LogP contribution in [0.1, 0.15) is 24.9 Å². The maximum atomic E-state index is 9.09. The number of aromatic nitrogens is 4. The molecule has 21 heavy (non-hydrogen) atoms. The van der Waals surface area contributed by atoms with E-state index in [4.69, 9.17) is 9.84 Å². The van der Waals surface area contributed by atoms with Gasteiger partial charge < -0.3 is 15.2 Å². The third-order valence-electron chi connectivity index (χ3n) is 3.31. The molecule has 0 radical (unpaired) electrons. The normalized spacial score (nSPS) is 14.0. The fourth-order valence-electron chi connectivity index (χ4n) is 2.24. The van der Waals surface area contributed by atoms with Gasteiger partial charge in [0, 0.05) is 25.8 Å². The first-order valence-corrected chi connectivity index (χ1v) is 6.93. The van der Waals surface area contributed by atoms with Gasteiger partial charge in [0.05, 0.1) is 12.3 Å². The van der Waals surface area contributed by atoms with Gasteiger partial charge >= 0.3 is 0 Å². The van der Waals surface area contributed by atoms with Gasteiger partial charge in [-0.3, -0.25) is 0 Å². The van der Waals surface area contributed by atoms with Crippen molar-refractivity contribution >= 4 is 0 Å². The maximum absolute atomic E-state index is 9.09. The summed E-state index contributed by atoms with van der Waals surface area (Å²) in [5, 5.41) is 23.7. The number of nitrogens with zero attached hydrogens (tertiary/aromatic N) is 4. The summed E-state index contributed by atoms with van der Waals surface area (Å²) in [6.07, 6.45) is 2.22. The topological polar surface area (TPSA) is 85.1 Å². The summed E-state index contributed by atoms with van der Waals surface area (Å²) in [5.41, 5.74) is 2.04. The minimum Gasteiger partial charge on any atom is -0.396 e. The molecule has 0 aliphatic carbocycles. The fourth-order valence-corrected chi connectivity index (χ4v) is 2.24. The van der Waals surface area contributed by atoms with Crippen molar-refractivity contribution in [2.24, 2.45) is 0 Å². The Kier molecular flexibility index (Phi) is 5.79. The van der Waals surface area contributed by atoms with E-state index in [1.165, 1.54) is 0 Å². The Morgan fingerprint density at radius 3 is 2.95 bits per heavy atom. The molecule has 114 valence electrons. The van der Waals surface area contributed by atoms with E-state index in [0.29, 0.717) is 13.0 Å². The molecule has 0 saturated heterocycles. The van der Waals surface area contributed by atoms with E-state index in [9.17, 15) is 0 Å². The fraction of sp³-hybridized carbons (Fsp3) is 0.500. The number of benzene rings is 1. The molecule has 7 heteroatoms. The van der Waals surface area contributed by atoms with Gasteiger partial charge in [-0.05, 0) is 41.5 Å². The van der Waals surface area contributed by atoms with Gasteiger partial charge in [-0.25, -0.2) is 4.68 Å². The second kappa shape index (κ2) is 7.82. The molecule has 2 aromatic rings. The Labute approximate surface area is 123 Å². The van der Waals surface area contributed by atoms with E-state index in [2.05, 4.69) is 27.8 Å². The van der Waals surface area contributed by atoms with E-state index in [0.717, 1.165) is 11.3 Å². The molecule has 1 aromatic carbocycles. The van der Waals surface area contributed by atoms with Gasteiger partial charge in [0.2, 0.25) is 0 Å². The van der Waals surface area contributed by atoms with E-state index in [1.54, 1.807) is 18.1 Å². The number of hydrogen-bond acceptors (Lipinski definition) is 6. The molecule has 0 spiro atoms. The highest BCUT2D eigenvalue weighted by atomic mass is 16.5. The quantitative estimate of drug-likeness (QED) is 0.745. The van der Waals surface area contributed by atoms with Crippen molar-refractivity contribution in [1.29, 1.82) is 0 Å². The molecule has 2 rings (SSSR count). The Bertz CT molecular complexity index is 526. The first kappa shape index (κ1) is 15.6. The van der Waals surface area contributed by atoms with Crippen LogP contribution in [0.4, 0.5) is 0 Å². The maximum Gasteiger partial charge on any atom is 0.143 e. The minimum absolute atomic E-state index is 0.117. The van der Waals surface area contributed by atoms with Crippen LogP contribution in [0.25, 0.3) is 5.69 Å². The van der Waals surface area contributed by atoms with Crippen LogP contribution in [0.3, 0.4) is 0 Å². The number of nitrogens with one attached hydrogen (secondary N) is 1. The standard InChI is InChI=1S/C14H21N5O2/c1-11(16-13(6-7-20)9-21-2)12-4-3-5-14(8-12)19-10-15-17-18-19/h3-5,8,10-11,13,16,20H,6-7,9H2,1-2H3. The monoisotopic (exact) mass is 291 g/mol. The highest BCUT2D eigenvalue weighted by Gasteiger charge is 2.13. The van der Waals surface area contributed by atoms with Gasteiger partial charge in [-0.1, -0.05) is 12.1 Å². The van der Waals surface area contributed by atoms with Crippen molar-refractivity contribution in [3.63, 3.8) is 0 Å². The van der Waals surface area contributed by atoms with Gasteiger partial charge in [-0.15, -0.1) is 5.10 Å². The molecule has 1 aromatic heterocycles. The first-order valence-electron chi connectivity index (χ1n) is 6.93. The average molecular weight is 291 g/mol. The van der Waals surface area contributed by atoms with Crippen LogP contribution in [0.5, 0.6) is 0 Å². The average Bonchev–Trinajstić information content (AvgIpc) is 3.02. The lowest BCUT2D eigenvalue weighted by molar-refractivity contribution is 0.143. The highest BCUT2D eigenvalue weighted by molar-refractivity contribution is 5.35. The van der Waals surface area contributed by atoms with Crippen molar-refractivity contribution in [3.05, 3.63) is 36.2 Å². The van der Waals surface area contributed by atoms with Crippen LogP contribution in [-0.4, -0.2) is 51.7 Å². The molecule has 0 aliphatic rings. The second-order valence-electron chi connectivity index (χ2n) is 4.90. The Morgan fingerprint density at radius 2 is 2.29 bits per heavy atom. The lowest BCUT2D eigenvalue weighted by Crippen LogP contribution is -2.36. The van der Waals surface area contributed by atoms with E-state index in [1.807, 2.05) is 24.3 Å². The van der Waals surface area contributed by atoms with Crippen molar-refractivity contribution in [2.45, 2.75) is 25.4 Å². The molecular weight excluding hydrogens is 270 g/mol. The molecule has 2 atom stereocenters. The number of aliphatic hydroxyl groups excluding tert-OH is 1. The molecule has 0 fully saturated rings. The van der Waals surface area contributed by atoms with Crippen LogP contribution >= 0.6 is 0 Å². The van der Waals surface area contributed by atoms with Gasteiger partial charge in [0.15, 0.2) is 0 Å². The molecule has 1 heterocycles. The molecule has 0 aliphatic heterocycles. The Hall–Kier alpha value is -1.83. The molecule has 7 nitrogen and oxygen atoms in total. The highest BCUT2D eigenvalue weighted by Crippen LogP contribution is 2.17. The summed E-state index contributed by atoms with van der Waals surface area (Å²) in [6.45, 7) is 2.79. The summed E-state index contributed by atoms with van der Waals surface area (Å²) in [7, 11) is 1.66. The van der Waals surface area contributed by atoms with Crippen LogP contribution in [0, 0.1) is 0 Å². The molecule has 0 amide bonds. The van der Waals surface area contributed by atoms with Crippen LogP contribution < -0.4 is 5.32 Å². The smallest absolute Gasteiger partial charge is 0.143 e. The van der Waals surface area contributed by atoms with Crippen molar-refractivity contribution in [3.8, 4) is 5.69 Å². The van der Waals surface area contributed by atoms with E-state index in [-0.39, 0.29) is 18.7 Å². The van der Waals surface area contributed by atoms with Gasteiger partial charge in [0.25, 0.3) is 0 Å². The third kappa shape index (κ3) is 4.32. The second-order valence-corrected chi connectivity index (χ2v) is 4.90. The Balaban J connectivity index is 2.08. The molecular formula is C14H21N5O2. The zero-order valence-corrected chi connectivity index (χ0v) is 12.3. The number of hydrogen-bond donors (Lipinski definition) is 2. The van der Waals surface area contributed by atoms with Crippen LogP contribution in [-0.2, 0) is 4.74 Å². The minimum atomic E-state index is 0.117. The van der Waals surface area contributed by atoms with E-state index >= 15 is 0 Å². The summed E-state index contributed by atoms with van der Waals surface area (Å²) < 4.78 is 6.79. The van der Waals surface area contributed by atoms with Gasteiger partial charge in [0.1, 0.15) is 6.33 Å². The van der Waals surface area contributed by atoms with Crippen LogP contribution in [0.15, 0.2) is 30.6 Å². The number of rotatable bonds is 8. The summed E-state index contributed by atoms with van der Waals surface area (Å²) in [4.78, 5) is 0. The lowest BCUT2D eigenvalue weighted by atomic mass is 10.1. The summed E-state index contributed by atoms with van der Waals surface area (Å²) >= 11 is 0. The summed E-state index contributed by atoms with van der Waals surface area (Å²) in [6, 6.07) is 8.26. The Morgan fingerprint density at radius 1 is 1.43 bits per heavy atom. The molecule has 2 N–H and O–H groups in total. The predicted octanol–water partition coefficient (Wildman–Crippen LogP) is 0.710. The first-order chi connectivity index (χ1) is 10.2. The summed E-state index contributed by atoms with van der Waals surface area (Å²) in [5.74, 6) is 0. The van der Waals surface area contributed by atoms with Gasteiger partial charge in [-0.2, -0.15) is 0 Å². The number of aliphatic hydroxyl groups is 1. The van der Waals surface area contributed by atoms with Crippen LogP contribution in [0.2, 0.25) is 0 Å². The van der Waals surface area contributed by atoms with E-state index < -0.39 is 0 Å². The number of methoxy groups -OCH3 is 1. The molecule has 2 unspecified atom stereocenters. The largest absolute Gasteiger partial charge is 0.396 e. The lowest BCUT2D eigenvalue weighted by Gasteiger charge is -2.23. The zero-order chi connectivity index (χ0) is 15.1. The SMILES string of the molecule is COCC(CCO)NC(C)c1cccc(-n2cnnn2)c1. The third-order valence-corrected chi connectivity index (χ3v) is 3.31. The van der Waals surface area contributed by atoms with Crippen molar-refractivity contribution in [2.75, 3.05) is 20.3 Å².